The van der Waals surface area contributed by atoms with Gasteiger partial charge in [0.05, 0.1) is 24.6 Å². The largest absolute Gasteiger partial charge is 0.496 e. The molecule has 4 rings (SSSR count). The third-order valence-corrected chi connectivity index (χ3v) is 6.16. The van der Waals surface area contributed by atoms with Gasteiger partial charge in [-0.05, 0) is 38.0 Å². The second kappa shape index (κ2) is 8.30. The molecule has 0 atom stereocenters. The van der Waals surface area contributed by atoms with Crippen LogP contribution in [0.15, 0.2) is 54.7 Å². The van der Waals surface area contributed by atoms with Crippen LogP contribution in [0.3, 0.4) is 0 Å². The van der Waals surface area contributed by atoms with Gasteiger partial charge in [-0.3, -0.25) is 4.79 Å². The average Bonchev–Trinajstić information content (AvgIpc) is 3.40. The van der Waals surface area contributed by atoms with Crippen LogP contribution >= 0.6 is 0 Å². The van der Waals surface area contributed by atoms with Crippen molar-refractivity contribution >= 4 is 5.91 Å². The van der Waals surface area contributed by atoms with Gasteiger partial charge >= 0.3 is 0 Å². The minimum Gasteiger partial charge on any atom is -0.496 e. The lowest BCUT2D eigenvalue weighted by atomic mass is 9.78. The Kier molecular flexibility index (Phi) is 5.57. The molecular formula is C24H26FN3O2. The highest BCUT2D eigenvalue weighted by Crippen LogP contribution is 2.44. The summed E-state index contributed by atoms with van der Waals surface area (Å²) in [5, 5.41) is 7.36. The number of benzene rings is 2. The third-order valence-electron chi connectivity index (χ3n) is 6.16. The number of methoxy groups -OCH3 is 1. The molecule has 1 saturated carbocycles. The molecular weight excluding hydrogens is 381 g/mol. The van der Waals surface area contributed by atoms with Crippen LogP contribution in [0.4, 0.5) is 4.39 Å². The van der Waals surface area contributed by atoms with Crippen LogP contribution in [0.2, 0.25) is 0 Å². The smallest absolute Gasteiger partial charge is 0.254 e. The van der Waals surface area contributed by atoms with E-state index in [-0.39, 0.29) is 17.1 Å². The number of hydrogen-bond donors (Lipinski definition) is 1. The fourth-order valence-corrected chi connectivity index (χ4v) is 4.52. The first kappa shape index (κ1) is 20.1. The van der Waals surface area contributed by atoms with Gasteiger partial charge in [-0.15, -0.1) is 0 Å². The molecule has 1 heterocycles. The van der Waals surface area contributed by atoms with Crippen molar-refractivity contribution in [3.05, 3.63) is 77.4 Å². The van der Waals surface area contributed by atoms with Crippen molar-refractivity contribution in [1.82, 2.24) is 15.1 Å². The van der Waals surface area contributed by atoms with E-state index in [1.165, 1.54) is 16.9 Å². The first-order valence-electron chi connectivity index (χ1n) is 10.3. The monoisotopic (exact) mass is 407 g/mol. The Morgan fingerprint density at radius 1 is 1.17 bits per heavy atom. The van der Waals surface area contributed by atoms with Crippen LogP contribution in [0, 0.1) is 12.7 Å². The maximum atomic E-state index is 14.2. The molecule has 1 amide bonds. The average molecular weight is 407 g/mol. The van der Waals surface area contributed by atoms with Crippen molar-refractivity contribution in [3.63, 3.8) is 0 Å². The van der Waals surface area contributed by atoms with Gasteiger partial charge in [0, 0.05) is 17.5 Å². The van der Waals surface area contributed by atoms with E-state index in [1.54, 1.807) is 32.2 Å². The molecule has 3 aromatic rings. The van der Waals surface area contributed by atoms with E-state index in [0.717, 1.165) is 37.0 Å². The summed E-state index contributed by atoms with van der Waals surface area (Å²) in [4.78, 5) is 13.0. The number of nitrogens with one attached hydrogen (secondary N) is 1. The normalized spacial score (nSPS) is 15.2. The molecule has 30 heavy (non-hydrogen) atoms. The molecule has 0 bridgehead atoms. The van der Waals surface area contributed by atoms with Gasteiger partial charge in [0.25, 0.3) is 5.91 Å². The summed E-state index contributed by atoms with van der Waals surface area (Å²) in [5.74, 6) is 0.283. The number of carbonyl (C=O) groups excluding carboxylic acids is 1. The molecule has 1 aliphatic rings. The second-order valence-electron chi connectivity index (χ2n) is 7.88. The quantitative estimate of drug-likeness (QED) is 0.651. The number of nitrogens with zero attached hydrogens (tertiary/aromatic N) is 2. The maximum Gasteiger partial charge on any atom is 0.254 e. The Morgan fingerprint density at radius 3 is 2.60 bits per heavy atom. The molecule has 2 aromatic carbocycles. The van der Waals surface area contributed by atoms with Crippen LogP contribution in [-0.2, 0) is 5.41 Å². The Bertz CT molecular complexity index is 1050. The third kappa shape index (κ3) is 3.58. The molecule has 1 aliphatic carbocycles. The Labute approximate surface area is 175 Å². The zero-order valence-electron chi connectivity index (χ0n) is 17.3. The Morgan fingerprint density at radius 2 is 1.87 bits per heavy atom. The first-order chi connectivity index (χ1) is 14.6. The highest BCUT2D eigenvalue weighted by Gasteiger charge is 2.38. The first-order valence-corrected chi connectivity index (χ1v) is 10.3. The number of amides is 1. The van der Waals surface area contributed by atoms with Gasteiger partial charge in [0.1, 0.15) is 17.3 Å². The van der Waals surface area contributed by atoms with Crippen LogP contribution < -0.4 is 10.1 Å². The van der Waals surface area contributed by atoms with Crippen molar-refractivity contribution in [3.8, 4) is 11.4 Å². The molecule has 0 saturated heterocycles. The summed E-state index contributed by atoms with van der Waals surface area (Å²) in [6.07, 6.45) is 5.75. The van der Waals surface area contributed by atoms with Gasteiger partial charge in [0.15, 0.2) is 0 Å². The van der Waals surface area contributed by atoms with Crippen molar-refractivity contribution in [2.24, 2.45) is 0 Å². The van der Waals surface area contributed by atoms with E-state index in [2.05, 4.69) is 16.5 Å². The van der Waals surface area contributed by atoms with Crippen LogP contribution in [0.25, 0.3) is 5.69 Å². The molecule has 0 unspecified atom stereocenters. The minimum atomic E-state index is -0.378. The molecule has 0 spiro atoms. The van der Waals surface area contributed by atoms with Crippen LogP contribution in [-0.4, -0.2) is 29.3 Å². The van der Waals surface area contributed by atoms with Crippen molar-refractivity contribution in [2.75, 3.05) is 13.7 Å². The van der Waals surface area contributed by atoms with Gasteiger partial charge in [0.2, 0.25) is 0 Å². The summed E-state index contributed by atoms with van der Waals surface area (Å²) in [7, 11) is 1.68. The predicted octanol–water partition coefficient (Wildman–Crippen LogP) is 4.57. The molecule has 156 valence electrons. The molecule has 1 aromatic heterocycles. The zero-order valence-corrected chi connectivity index (χ0v) is 17.3. The van der Waals surface area contributed by atoms with Crippen LogP contribution in [0.1, 0.15) is 47.3 Å². The molecule has 5 nitrogen and oxygen atoms in total. The van der Waals surface area contributed by atoms with Crippen molar-refractivity contribution in [2.45, 2.75) is 38.0 Å². The predicted molar refractivity (Wildman–Crippen MR) is 114 cm³/mol. The van der Waals surface area contributed by atoms with E-state index in [0.29, 0.717) is 23.5 Å². The number of carbonyl (C=O) groups is 1. The summed E-state index contributed by atoms with van der Waals surface area (Å²) in [6.45, 7) is 2.30. The number of aromatic nitrogens is 2. The number of halogens is 1. The van der Waals surface area contributed by atoms with Crippen molar-refractivity contribution in [1.29, 1.82) is 0 Å². The summed E-state index contributed by atoms with van der Waals surface area (Å²) >= 11 is 0. The summed E-state index contributed by atoms with van der Waals surface area (Å²) in [6, 6.07) is 14.4. The summed E-state index contributed by atoms with van der Waals surface area (Å²) in [5.41, 5.74) is 2.39. The van der Waals surface area contributed by atoms with Gasteiger partial charge < -0.3 is 10.1 Å². The highest BCUT2D eigenvalue weighted by atomic mass is 19.1. The zero-order chi connectivity index (χ0) is 21.1. The van der Waals surface area contributed by atoms with E-state index >= 15 is 0 Å². The van der Waals surface area contributed by atoms with Gasteiger partial charge in [-0.2, -0.15) is 5.10 Å². The van der Waals surface area contributed by atoms with E-state index in [4.69, 9.17) is 4.74 Å². The molecule has 1 N–H and O–H groups in total. The Balaban J connectivity index is 1.56. The molecule has 0 radical (unpaired) electrons. The minimum absolute atomic E-state index is 0.141. The number of hydrogen-bond acceptors (Lipinski definition) is 3. The summed E-state index contributed by atoms with van der Waals surface area (Å²) < 4.78 is 21.2. The van der Waals surface area contributed by atoms with E-state index in [1.807, 2.05) is 18.2 Å². The maximum absolute atomic E-state index is 14.2. The lowest BCUT2D eigenvalue weighted by Gasteiger charge is -2.31. The lowest BCUT2D eigenvalue weighted by Crippen LogP contribution is -2.39. The fraction of sp³-hybridized carbons (Fsp3) is 0.333. The molecule has 0 aliphatic heterocycles. The fourth-order valence-electron chi connectivity index (χ4n) is 4.52. The number of para-hydroxylation sites is 2. The topological polar surface area (TPSA) is 56.1 Å². The lowest BCUT2D eigenvalue weighted by molar-refractivity contribution is 0.0942. The molecule has 1 fully saturated rings. The van der Waals surface area contributed by atoms with Crippen molar-refractivity contribution < 1.29 is 13.9 Å². The number of rotatable bonds is 6. The number of ether oxygens (including phenoxy) is 1. The Hall–Kier alpha value is -3.15. The van der Waals surface area contributed by atoms with E-state index < -0.39 is 0 Å². The standard InChI is InChI=1S/C24H26FN3O2/c1-17-18(15-27-28(17)21-11-5-4-10-20(21)25)23(29)26-16-24(13-7-8-14-24)19-9-3-6-12-22(19)30-2/h3-6,9-12,15H,7-8,13-14,16H2,1-2H3,(H,26,29). The van der Waals surface area contributed by atoms with Gasteiger partial charge in [-0.25, -0.2) is 9.07 Å². The highest BCUT2D eigenvalue weighted by molar-refractivity contribution is 5.95. The molecule has 6 heteroatoms. The van der Waals surface area contributed by atoms with Gasteiger partial charge in [-0.1, -0.05) is 43.2 Å². The SMILES string of the molecule is COc1ccccc1C1(CNC(=O)c2cnn(-c3ccccc3F)c2C)CCCC1. The second-order valence-corrected chi connectivity index (χ2v) is 7.88. The van der Waals surface area contributed by atoms with Crippen LogP contribution in [0.5, 0.6) is 5.75 Å². The van der Waals surface area contributed by atoms with E-state index in [9.17, 15) is 9.18 Å².